The van der Waals surface area contributed by atoms with E-state index in [0.717, 1.165) is 11.3 Å². The van der Waals surface area contributed by atoms with Crippen molar-refractivity contribution in [2.24, 2.45) is 0 Å². The van der Waals surface area contributed by atoms with Gasteiger partial charge in [0.05, 0.1) is 0 Å². The van der Waals surface area contributed by atoms with Crippen LogP contribution in [0, 0.1) is 0 Å². The molecule has 0 radical (unpaired) electrons. The van der Waals surface area contributed by atoms with Gasteiger partial charge in [0.25, 0.3) is 0 Å². The number of carboxylic acids is 1. The number of carbonyl (C=O) groups excluding carboxylic acids is 1. The van der Waals surface area contributed by atoms with Crippen molar-refractivity contribution in [3.8, 4) is 0 Å². The van der Waals surface area contributed by atoms with Crippen LogP contribution in [0.1, 0.15) is 5.01 Å². The van der Waals surface area contributed by atoms with E-state index in [4.69, 9.17) is 9.84 Å². The number of methoxy groups -OCH3 is 1. The van der Waals surface area contributed by atoms with Crippen LogP contribution >= 0.6 is 11.3 Å². The normalized spacial score (nSPS) is 9.79. The zero-order valence-corrected chi connectivity index (χ0v) is 8.00. The van der Waals surface area contributed by atoms with E-state index in [2.05, 4.69) is 15.5 Å². The van der Waals surface area contributed by atoms with E-state index in [0.29, 0.717) is 5.01 Å². The van der Waals surface area contributed by atoms with Gasteiger partial charge in [-0.3, -0.25) is 10.1 Å². The van der Waals surface area contributed by atoms with Crippen LogP contribution in [0.4, 0.5) is 5.13 Å². The standard InChI is InChI=1S/C6H7N3O4S/c1-13-2-3-8-9-6(14-3)7-4(10)5(11)12/h2H2,1H3,(H,11,12)(H,7,9,10). The summed E-state index contributed by atoms with van der Waals surface area (Å²) in [4.78, 5) is 20.8. The maximum atomic E-state index is 10.7. The van der Waals surface area contributed by atoms with Crippen molar-refractivity contribution in [3.05, 3.63) is 5.01 Å². The van der Waals surface area contributed by atoms with E-state index in [1.54, 1.807) is 0 Å². The summed E-state index contributed by atoms with van der Waals surface area (Å²) in [5.74, 6) is -2.70. The molecule has 1 heterocycles. The molecule has 2 N–H and O–H groups in total. The second-order valence-corrected chi connectivity index (χ2v) is 3.26. The first kappa shape index (κ1) is 10.5. The second-order valence-electron chi connectivity index (χ2n) is 2.19. The Kier molecular flexibility index (Phi) is 3.48. The summed E-state index contributed by atoms with van der Waals surface area (Å²) in [6.07, 6.45) is 0. The Morgan fingerprint density at radius 2 is 2.29 bits per heavy atom. The molecule has 0 bridgehead atoms. The quantitative estimate of drug-likeness (QED) is 0.674. The predicted molar refractivity (Wildman–Crippen MR) is 46.9 cm³/mol. The molecule has 0 aliphatic carbocycles. The van der Waals surface area contributed by atoms with Gasteiger partial charge in [-0.25, -0.2) is 4.79 Å². The lowest BCUT2D eigenvalue weighted by atomic mass is 10.6. The molecule has 76 valence electrons. The number of carbonyl (C=O) groups is 2. The lowest BCUT2D eigenvalue weighted by molar-refractivity contribution is -0.147. The summed E-state index contributed by atoms with van der Waals surface area (Å²) in [5.41, 5.74) is 0. The Hall–Kier alpha value is -1.54. The average Bonchev–Trinajstić information content (AvgIpc) is 2.53. The molecule has 8 heteroatoms. The molecule has 0 aliphatic heterocycles. The van der Waals surface area contributed by atoms with Crippen LogP contribution in [-0.2, 0) is 20.9 Å². The number of ether oxygens (including phenoxy) is 1. The molecular formula is C6H7N3O4S. The number of amides is 1. The van der Waals surface area contributed by atoms with Crippen molar-refractivity contribution in [1.82, 2.24) is 10.2 Å². The van der Waals surface area contributed by atoms with Crippen molar-refractivity contribution in [2.75, 3.05) is 12.4 Å². The van der Waals surface area contributed by atoms with Crippen LogP contribution in [0.3, 0.4) is 0 Å². The fraction of sp³-hybridized carbons (Fsp3) is 0.333. The number of nitrogens with one attached hydrogen (secondary N) is 1. The number of rotatable bonds is 3. The van der Waals surface area contributed by atoms with Gasteiger partial charge in [-0.05, 0) is 0 Å². The molecular weight excluding hydrogens is 210 g/mol. The first-order chi connectivity index (χ1) is 6.63. The van der Waals surface area contributed by atoms with Crippen LogP contribution in [-0.4, -0.2) is 34.3 Å². The third-order valence-electron chi connectivity index (χ3n) is 1.15. The van der Waals surface area contributed by atoms with Crippen molar-refractivity contribution < 1.29 is 19.4 Å². The summed E-state index contributed by atoms with van der Waals surface area (Å²) in [6.45, 7) is 0.278. The van der Waals surface area contributed by atoms with E-state index in [1.807, 2.05) is 0 Å². The molecule has 0 spiro atoms. The summed E-state index contributed by atoms with van der Waals surface area (Å²) in [6, 6.07) is 0. The highest BCUT2D eigenvalue weighted by atomic mass is 32.1. The third-order valence-corrected chi connectivity index (χ3v) is 1.96. The maximum absolute atomic E-state index is 10.7. The first-order valence-electron chi connectivity index (χ1n) is 3.49. The fourth-order valence-corrected chi connectivity index (χ4v) is 1.34. The fourth-order valence-electron chi connectivity index (χ4n) is 0.637. The van der Waals surface area contributed by atoms with Gasteiger partial charge in [0.2, 0.25) is 5.13 Å². The van der Waals surface area contributed by atoms with Gasteiger partial charge in [0, 0.05) is 7.11 Å². The van der Waals surface area contributed by atoms with Gasteiger partial charge < -0.3 is 9.84 Å². The number of carboxylic acid groups (broad SMARTS) is 1. The largest absolute Gasteiger partial charge is 0.474 e. The molecule has 0 unspecified atom stereocenters. The van der Waals surface area contributed by atoms with Crippen LogP contribution in [0.5, 0.6) is 0 Å². The summed E-state index contributed by atoms with van der Waals surface area (Å²) in [7, 11) is 1.50. The SMILES string of the molecule is COCc1nnc(NC(=O)C(=O)O)s1. The zero-order valence-electron chi connectivity index (χ0n) is 7.18. The number of anilines is 1. The lowest BCUT2D eigenvalue weighted by Crippen LogP contribution is -2.21. The van der Waals surface area contributed by atoms with Crippen molar-refractivity contribution in [3.63, 3.8) is 0 Å². The minimum Gasteiger partial charge on any atom is -0.474 e. The topological polar surface area (TPSA) is 101 Å². The van der Waals surface area contributed by atoms with Crippen LogP contribution in [0.2, 0.25) is 0 Å². The molecule has 1 amide bonds. The Labute approximate surface area is 82.7 Å². The Bertz CT molecular complexity index is 351. The summed E-state index contributed by atoms with van der Waals surface area (Å²) >= 11 is 1.06. The smallest absolute Gasteiger partial charge is 0.394 e. The van der Waals surface area contributed by atoms with Crippen molar-refractivity contribution >= 4 is 28.3 Å². The molecule has 1 aromatic rings. The van der Waals surface area contributed by atoms with E-state index in [-0.39, 0.29) is 11.7 Å². The number of hydrogen-bond donors (Lipinski definition) is 2. The van der Waals surface area contributed by atoms with Gasteiger partial charge in [0.1, 0.15) is 11.6 Å². The Balaban J connectivity index is 2.59. The highest BCUT2D eigenvalue weighted by Gasteiger charge is 2.13. The monoisotopic (exact) mass is 217 g/mol. The van der Waals surface area contributed by atoms with Crippen LogP contribution in [0.15, 0.2) is 0 Å². The zero-order chi connectivity index (χ0) is 10.6. The molecule has 1 rings (SSSR count). The Morgan fingerprint density at radius 1 is 1.57 bits per heavy atom. The molecule has 1 aromatic heterocycles. The number of aromatic nitrogens is 2. The molecule has 0 saturated carbocycles. The summed E-state index contributed by atoms with van der Waals surface area (Å²) < 4.78 is 4.77. The molecule has 0 fully saturated rings. The van der Waals surface area contributed by atoms with Gasteiger partial charge in [-0.2, -0.15) is 0 Å². The van der Waals surface area contributed by atoms with Crippen LogP contribution in [0.25, 0.3) is 0 Å². The number of hydrogen-bond acceptors (Lipinski definition) is 6. The first-order valence-corrected chi connectivity index (χ1v) is 4.30. The van der Waals surface area contributed by atoms with Crippen molar-refractivity contribution in [1.29, 1.82) is 0 Å². The third kappa shape index (κ3) is 2.75. The van der Waals surface area contributed by atoms with E-state index in [9.17, 15) is 9.59 Å². The van der Waals surface area contributed by atoms with Crippen LogP contribution < -0.4 is 5.32 Å². The lowest BCUT2D eigenvalue weighted by Gasteiger charge is -1.92. The molecule has 7 nitrogen and oxygen atoms in total. The minimum atomic E-state index is -1.56. The highest BCUT2D eigenvalue weighted by Crippen LogP contribution is 2.15. The molecule has 0 aromatic carbocycles. The second kappa shape index (κ2) is 4.63. The molecule has 0 aliphatic rings. The van der Waals surface area contributed by atoms with Gasteiger partial charge in [0.15, 0.2) is 0 Å². The minimum absolute atomic E-state index is 0.143. The Morgan fingerprint density at radius 3 is 2.86 bits per heavy atom. The van der Waals surface area contributed by atoms with E-state index < -0.39 is 11.9 Å². The molecule has 14 heavy (non-hydrogen) atoms. The maximum Gasteiger partial charge on any atom is 0.394 e. The number of aliphatic carboxylic acids is 1. The molecule has 0 atom stereocenters. The van der Waals surface area contributed by atoms with Gasteiger partial charge in [-0.15, -0.1) is 10.2 Å². The highest BCUT2D eigenvalue weighted by molar-refractivity contribution is 7.15. The van der Waals surface area contributed by atoms with Gasteiger partial charge in [-0.1, -0.05) is 11.3 Å². The average molecular weight is 217 g/mol. The molecule has 0 saturated heterocycles. The predicted octanol–water partition coefficient (Wildman–Crippen LogP) is -0.292. The van der Waals surface area contributed by atoms with Crippen molar-refractivity contribution in [2.45, 2.75) is 6.61 Å². The van der Waals surface area contributed by atoms with E-state index >= 15 is 0 Å². The van der Waals surface area contributed by atoms with Gasteiger partial charge >= 0.3 is 11.9 Å². The number of nitrogens with zero attached hydrogens (tertiary/aromatic N) is 2. The van der Waals surface area contributed by atoms with E-state index in [1.165, 1.54) is 7.11 Å². The summed E-state index contributed by atoms with van der Waals surface area (Å²) in [5, 5.41) is 18.3.